The monoisotopic (exact) mass is 350 g/mol. The van der Waals surface area contributed by atoms with Crippen molar-refractivity contribution in [1.29, 1.82) is 0 Å². The van der Waals surface area contributed by atoms with Gasteiger partial charge in [-0.1, -0.05) is 0 Å². The average Bonchev–Trinajstić information content (AvgIpc) is 3.08. The summed E-state index contributed by atoms with van der Waals surface area (Å²) in [5, 5.41) is 3.09. The summed E-state index contributed by atoms with van der Waals surface area (Å²) < 4.78 is 37.1. The largest absolute Gasteiger partial charge is 0.483 e. The van der Waals surface area contributed by atoms with Crippen molar-refractivity contribution < 1.29 is 22.7 Å². The number of rotatable bonds is 4. The third-order valence-corrected chi connectivity index (χ3v) is 3.69. The van der Waals surface area contributed by atoms with Gasteiger partial charge in [-0.3, -0.25) is 9.69 Å². The molecule has 1 saturated heterocycles. The van der Waals surface area contributed by atoms with E-state index in [1.165, 1.54) is 17.0 Å². The minimum absolute atomic E-state index is 0.0363. The molecule has 1 fully saturated rings. The highest BCUT2D eigenvalue weighted by Gasteiger charge is 2.27. The second-order valence-corrected chi connectivity index (χ2v) is 5.41. The highest BCUT2D eigenvalue weighted by Crippen LogP contribution is 2.20. The van der Waals surface area contributed by atoms with Crippen molar-refractivity contribution >= 4 is 29.3 Å². The van der Waals surface area contributed by atoms with E-state index in [0.717, 1.165) is 12.1 Å². The molecular formula is C16H12F2N2O3S. The Bertz CT molecular complexity index is 848. The number of benzene rings is 1. The van der Waals surface area contributed by atoms with Crippen LogP contribution < -0.4 is 10.1 Å². The molecule has 1 N–H and O–H groups in total. The molecule has 124 valence electrons. The summed E-state index contributed by atoms with van der Waals surface area (Å²) in [6.45, 7) is -0.0363. The third-order valence-electron chi connectivity index (χ3n) is 3.31. The molecule has 0 aliphatic carbocycles. The molecule has 1 amide bonds. The van der Waals surface area contributed by atoms with Crippen LogP contribution in [0.3, 0.4) is 0 Å². The Morgan fingerprint density at radius 2 is 2.12 bits per heavy atom. The van der Waals surface area contributed by atoms with Gasteiger partial charge in [0.2, 0.25) is 0 Å². The molecule has 0 atom stereocenters. The van der Waals surface area contributed by atoms with Gasteiger partial charge >= 0.3 is 0 Å². The number of halogens is 2. The van der Waals surface area contributed by atoms with Gasteiger partial charge in [-0.05, 0) is 36.5 Å². The Balaban J connectivity index is 1.68. The summed E-state index contributed by atoms with van der Waals surface area (Å²) in [5.74, 6) is -0.964. The van der Waals surface area contributed by atoms with Crippen molar-refractivity contribution in [3.05, 3.63) is 59.2 Å². The van der Waals surface area contributed by atoms with Crippen LogP contribution in [0.1, 0.15) is 11.5 Å². The zero-order chi connectivity index (χ0) is 17.3. The zero-order valence-corrected chi connectivity index (χ0v) is 13.3. The zero-order valence-electron chi connectivity index (χ0n) is 12.5. The molecule has 1 aliphatic heterocycles. The fourth-order valence-electron chi connectivity index (χ4n) is 2.06. The fourth-order valence-corrected chi connectivity index (χ4v) is 2.25. The van der Waals surface area contributed by atoms with E-state index in [9.17, 15) is 13.6 Å². The van der Waals surface area contributed by atoms with E-state index >= 15 is 0 Å². The highest BCUT2D eigenvalue weighted by atomic mass is 32.1. The van der Waals surface area contributed by atoms with E-state index in [2.05, 4.69) is 5.32 Å². The minimum Gasteiger partial charge on any atom is -0.483 e. The summed E-state index contributed by atoms with van der Waals surface area (Å²) in [7, 11) is 1.57. The number of carbonyl (C=O) groups excluding carboxylic acids is 1. The first kappa shape index (κ1) is 16.1. The van der Waals surface area contributed by atoms with Gasteiger partial charge < -0.3 is 14.5 Å². The minimum atomic E-state index is -0.791. The van der Waals surface area contributed by atoms with Crippen molar-refractivity contribution in [2.75, 3.05) is 7.05 Å². The molecule has 1 aliphatic rings. The maximum absolute atomic E-state index is 13.5. The highest BCUT2D eigenvalue weighted by molar-refractivity contribution is 7.80. The quantitative estimate of drug-likeness (QED) is 0.679. The smallest absolute Gasteiger partial charge is 0.276 e. The lowest BCUT2D eigenvalue weighted by Gasteiger charge is -2.05. The van der Waals surface area contributed by atoms with E-state index in [1.807, 2.05) is 0 Å². The van der Waals surface area contributed by atoms with Gasteiger partial charge in [-0.15, -0.1) is 0 Å². The van der Waals surface area contributed by atoms with Crippen LogP contribution in [-0.4, -0.2) is 23.0 Å². The van der Waals surface area contributed by atoms with Gasteiger partial charge in [0.25, 0.3) is 5.91 Å². The van der Waals surface area contributed by atoms with Crippen molar-refractivity contribution in [2.24, 2.45) is 0 Å². The van der Waals surface area contributed by atoms with E-state index in [1.54, 1.807) is 19.2 Å². The number of furan rings is 1. The van der Waals surface area contributed by atoms with Crippen LogP contribution in [0.5, 0.6) is 5.75 Å². The molecule has 2 heterocycles. The molecular weight excluding hydrogens is 338 g/mol. The number of hydrogen-bond donors (Lipinski definition) is 1. The molecule has 0 spiro atoms. The Kier molecular flexibility index (Phi) is 4.30. The van der Waals surface area contributed by atoms with Crippen LogP contribution in [-0.2, 0) is 11.4 Å². The number of amides is 1. The van der Waals surface area contributed by atoms with Crippen molar-refractivity contribution in [3.8, 4) is 5.75 Å². The van der Waals surface area contributed by atoms with Crippen molar-refractivity contribution in [3.63, 3.8) is 0 Å². The van der Waals surface area contributed by atoms with Crippen LogP contribution in [0, 0.1) is 11.6 Å². The maximum atomic E-state index is 13.5. The Labute approximate surface area is 141 Å². The number of thiocarbonyl (C=S) groups is 1. The molecule has 1 aromatic carbocycles. The summed E-state index contributed by atoms with van der Waals surface area (Å²) in [6.07, 6.45) is 1.51. The van der Waals surface area contributed by atoms with E-state index in [4.69, 9.17) is 21.4 Å². The van der Waals surface area contributed by atoms with Gasteiger partial charge in [0.15, 0.2) is 16.7 Å². The molecule has 3 rings (SSSR count). The molecule has 0 radical (unpaired) electrons. The van der Waals surface area contributed by atoms with Crippen LogP contribution in [0.25, 0.3) is 6.08 Å². The summed E-state index contributed by atoms with van der Waals surface area (Å²) in [6, 6.07) is 6.32. The Hall–Kier alpha value is -2.74. The first-order valence-electron chi connectivity index (χ1n) is 6.91. The number of likely N-dealkylation sites (N-methyl/N-ethyl adjacent to an activating group) is 1. The number of nitrogens with one attached hydrogen (secondary N) is 1. The summed E-state index contributed by atoms with van der Waals surface area (Å²) >= 11 is 4.97. The SMILES string of the molecule is CN1C(=O)/C(=C\c2ccc(COc3ccc(F)cc3F)o2)NC1=S. The van der Waals surface area contributed by atoms with Crippen LogP contribution in [0.2, 0.25) is 0 Å². The topological polar surface area (TPSA) is 54.7 Å². The standard InChI is InChI=1S/C16H12F2N2O3S/c1-20-15(21)13(19-16(20)24)7-10-3-4-11(23-10)8-22-14-5-2-9(17)6-12(14)18/h2-7H,8H2,1H3,(H,19,24)/b13-7+. The molecule has 1 aromatic heterocycles. The number of carbonyl (C=O) groups is 1. The van der Waals surface area contributed by atoms with Crippen LogP contribution >= 0.6 is 12.2 Å². The molecule has 0 unspecified atom stereocenters. The van der Waals surface area contributed by atoms with Crippen LogP contribution in [0.4, 0.5) is 8.78 Å². The molecule has 24 heavy (non-hydrogen) atoms. The molecule has 8 heteroatoms. The summed E-state index contributed by atoms with van der Waals surface area (Å²) in [5.41, 5.74) is 0.300. The fraction of sp³-hybridized carbons (Fsp3) is 0.125. The molecule has 0 saturated carbocycles. The Morgan fingerprint density at radius 1 is 1.33 bits per heavy atom. The maximum Gasteiger partial charge on any atom is 0.276 e. The van der Waals surface area contributed by atoms with Gasteiger partial charge in [0.1, 0.15) is 29.6 Å². The number of ether oxygens (including phenoxy) is 1. The van der Waals surface area contributed by atoms with Gasteiger partial charge in [-0.25, -0.2) is 8.78 Å². The van der Waals surface area contributed by atoms with Crippen molar-refractivity contribution in [1.82, 2.24) is 10.2 Å². The first-order chi connectivity index (χ1) is 11.4. The second kappa shape index (κ2) is 6.40. The first-order valence-corrected chi connectivity index (χ1v) is 7.32. The molecule has 2 aromatic rings. The summed E-state index contributed by atoms with van der Waals surface area (Å²) in [4.78, 5) is 13.2. The van der Waals surface area contributed by atoms with Crippen LogP contribution in [0.15, 0.2) is 40.4 Å². The number of hydrogen-bond acceptors (Lipinski definition) is 4. The lowest BCUT2D eigenvalue weighted by atomic mass is 10.3. The Morgan fingerprint density at radius 3 is 2.79 bits per heavy atom. The predicted octanol–water partition coefficient (Wildman–Crippen LogP) is 2.82. The average molecular weight is 350 g/mol. The lowest BCUT2D eigenvalue weighted by molar-refractivity contribution is -0.121. The predicted molar refractivity (Wildman–Crippen MR) is 85.9 cm³/mol. The third kappa shape index (κ3) is 3.28. The second-order valence-electron chi connectivity index (χ2n) is 5.02. The van der Waals surface area contributed by atoms with E-state index in [-0.39, 0.29) is 18.3 Å². The van der Waals surface area contributed by atoms with E-state index < -0.39 is 11.6 Å². The van der Waals surface area contributed by atoms with Gasteiger partial charge in [0, 0.05) is 19.2 Å². The van der Waals surface area contributed by atoms with Crippen molar-refractivity contribution in [2.45, 2.75) is 6.61 Å². The van der Waals surface area contributed by atoms with Gasteiger partial charge in [0.05, 0.1) is 0 Å². The molecule has 5 nitrogen and oxygen atoms in total. The van der Waals surface area contributed by atoms with E-state index in [0.29, 0.717) is 22.3 Å². The van der Waals surface area contributed by atoms with Gasteiger partial charge in [-0.2, -0.15) is 0 Å². The molecule has 0 bridgehead atoms. The normalized spacial score (nSPS) is 16.0. The lowest BCUT2D eigenvalue weighted by Crippen LogP contribution is -2.25. The number of nitrogens with zero attached hydrogens (tertiary/aromatic N) is 1.